The molecular formula is C20H23FN2O2. The van der Waals surface area contributed by atoms with Gasteiger partial charge in [0.15, 0.2) is 0 Å². The van der Waals surface area contributed by atoms with Gasteiger partial charge in [-0.1, -0.05) is 24.3 Å². The van der Waals surface area contributed by atoms with E-state index < -0.39 is 0 Å². The molecule has 0 saturated carbocycles. The fourth-order valence-corrected chi connectivity index (χ4v) is 3.14. The Hall–Kier alpha value is -2.24. The molecule has 1 fully saturated rings. The van der Waals surface area contributed by atoms with Gasteiger partial charge in [0, 0.05) is 31.7 Å². The van der Waals surface area contributed by atoms with Crippen molar-refractivity contribution in [3.8, 4) is 0 Å². The molecule has 1 saturated heterocycles. The quantitative estimate of drug-likeness (QED) is 0.878. The van der Waals surface area contributed by atoms with Gasteiger partial charge in [0.1, 0.15) is 5.82 Å². The van der Waals surface area contributed by atoms with Crippen molar-refractivity contribution in [2.24, 2.45) is 0 Å². The predicted octanol–water partition coefficient (Wildman–Crippen LogP) is 2.63. The maximum absolute atomic E-state index is 13.3. The molecule has 1 aliphatic heterocycles. The zero-order valence-electron chi connectivity index (χ0n) is 14.3. The maximum atomic E-state index is 13.3. The Labute approximate surface area is 147 Å². The van der Waals surface area contributed by atoms with Crippen LogP contribution in [-0.2, 0) is 13.1 Å². The Balaban J connectivity index is 1.64. The molecule has 1 atom stereocenters. The second-order valence-electron chi connectivity index (χ2n) is 6.59. The number of halogens is 1. The van der Waals surface area contributed by atoms with Gasteiger partial charge >= 0.3 is 0 Å². The van der Waals surface area contributed by atoms with Crippen LogP contribution in [0.1, 0.15) is 33.5 Å². The van der Waals surface area contributed by atoms with Crippen molar-refractivity contribution in [1.29, 1.82) is 0 Å². The Morgan fingerprint density at radius 3 is 2.72 bits per heavy atom. The molecule has 2 aromatic carbocycles. The van der Waals surface area contributed by atoms with Gasteiger partial charge < -0.3 is 10.4 Å². The van der Waals surface area contributed by atoms with Crippen molar-refractivity contribution in [1.82, 2.24) is 10.2 Å². The molecule has 0 unspecified atom stereocenters. The molecule has 0 spiro atoms. The van der Waals surface area contributed by atoms with E-state index in [9.17, 15) is 14.3 Å². The standard InChI is InChI=1S/C20H23FN2O2/c1-14-10-15(6-7-19(14)21)20(25)22-11-16-4-2-3-5-17(16)12-23-9-8-18(24)13-23/h2-7,10,18,24H,8-9,11-13H2,1H3,(H,22,25)/t18-/m1/s1. The normalized spacial score (nSPS) is 17.6. The summed E-state index contributed by atoms with van der Waals surface area (Å²) >= 11 is 0. The summed E-state index contributed by atoms with van der Waals surface area (Å²) in [6.45, 7) is 4.40. The SMILES string of the molecule is Cc1cc(C(=O)NCc2ccccc2CN2CC[C@@H](O)C2)ccc1F. The predicted molar refractivity (Wildman–Crippen MR) is 94.7 cm³/mol. The lowest BCUT2D eigenvalue weighted by Crippen LogP contribution is -2.25. The summed E-state index contributed by atoms with van der Waals surface area (Å²) in [6.07, 6.45) is 0.566. The third kappa shape index (κ3) is 4.44. The smallest absolute Gasteiger partial charge is 0.251 e. The van der Waals surface area contributed by atoms with Crippen LogP contribution in [0.5, 0.6) is 0 Å². The summed E-state index contributed by atoms with van der Waals surface area (Å²) in [5.74, 6) is -0.524. The summed E-state index contributed by atoms with van der Waals surface area (Å²) in [7, 11) is 0. The van der Waals surface area contributed by atoms with E-state index in [2.05, 4.69) is 10.2 Å². The second-order valence-corrected chi connectivity index (χ2v) is 6.59. The van der Waals surface area contributed by atoms with Crippen molar-refractivity contribution in [3.05, 3.63) is 70.5 Å². The number of hydrogen-bond acceptors (Lipinski definition) is 3. The molecule has 2 N–H and O–H groups in total. The number of carbonyl (C=O) groups excluding carboxylic acids is 1. The first kappa shape index (κ1) is 17.6. The number of amides is 1. The minimum absolute atomic E-state index is 0.213. The number of aliphatic hydroxyl groups is 1. The molecule has 0 radical (unpaired) electrons. The van der Waals surface area contributed by atoms with Crippen molar-refractivity contribution >= 4 is 5.91 Å². The third-order valence-electron chi connectivity index (χ3n) is 4.62. The molecule has 132 valence electrons. The van der Waals surface area contributed by atoms with E-state index in [4.69, 9.17) is 0 Å². The molecular weight excluding hydrogens is 319 g/mol. The van der Waals surface area contributed by atoms with Crippen molar-refractivity contribution < 1.29 is 14.3 Å². The summed E-state index contributed by atoms with van der Waals surface area (Å²) in [5, 5.41) is 12.6. The van der Waals surface area contributed by atoms with Gasteiger partial charge in [-0.25, -0.2) is 4.39 Å². The van der Waals surface area contributed by atoms with Crippen LogP contribution < -0.4 is 5.32 Å². The van der Waals surface area contributed by atoms with Gasteiger partial charge in [0.2, 0.25) is 0 Å². The van der Waals surface area contributed by atoms with Gasteiger partial charge in [-0.15, -0.1) is 0 Å². The number of nitrogens with one attached hydrogen (secondary N) is 1. The van der Waals surface area contributed by atoms with Crippen LogP contribution in [0.25, 0.3) is 0 Å². The highest BCUT2D eigenvalue weighted by Crippen LogP contribution is 2.17. The van der Waals surface area contributed by atoms with Crippen LogP contribution in [0.2, 0.25) is 0 Å². The third-order valence-corrected chi connectivity index (χ3v) is 4.62. The van der Waals surface area contributed by atoms with E-state index in [0.29, 0.717) is 24.2 Å². The second kappa shape index (κ2) is 7.76. The number of rotatable bonds is 5. The maximum Gasteiger partial charge on any atom is 0.251 e. The first-order chi connectivity index (χ1) is 12.0. The van der Waals surface area contributed by atoms with Crippen molar-refractivity contribution in [3.63, 3.8) is 0 Å². The highest BCUT2D eigenvalue weighted by Gasteiger charge is 2.20. The first-order valence-electron chi connectivity index (χ1n) is 8.54. The van der Waals surface area contributed by atoms with E-state index in [1.165, 1.54) is 12.1 Å². The Kier molecular flexibility index (Phi) is 5.46. The van der Waals surface area contributed by atoms with Gasteiger partial charge in [-0.05, 0) is 48.2 Å². The average Bonchev–Trinajstić information content (AvgIpc) is 3.01. The van der Waals surface area contributed by atoms with Crippen LogP contribution in [0, 0.1) is 12.7 Å². The zero-order valence-corrected chi connectivity index (χ0v) is 14.3. The Morgan fingerprint density at radius 1 is 1.28 bits per heavy atom. The van der Waals surface area contributed by atoms with Crippen LogP contribution >= 0.6 is 0 Å². The number of likely N-dealkylation sites (tertiary alicyclic amines) is 1. The lowest BCUT2D eigenvalue weighted by molar-refractivity contribution is 0.0950. The van der Waals surface area contributed by atoms with E-state index >= 15 is 0 Å². The first-order valence-corrected chi connectivity index (χ1v) is 8.54. The van der Waals surface area contributed by atoms with Crippen LogP contribution in [0.4, 0.5) is 4.39 Å². The number of carbonyl (C=O) groups is 1. The monoisotopic (exact) mass is 342 g/mol. The topological polar surface area (TPSA) is 52.6 Å². The summed E-state index contributed by atoms with van der Waals surface area (Å²) in [6, 6.07) is 12.4. The summed E-state index contributed by atoms with van der Waals surface area (Å²) < 4.78 is 13.3. The number of hydrogen-bond donors (Lipinski definition) is 2. The lowest BCUT2D eigenvalue weighted by Gasteiger charge is -2.18. The largest absolute Gasteiger partial charge is 0.392 e. The van der Waals surface area contributed by atoms with Crippen molar-refractivity contribution in [2.75, 3.05) is 13.1 Å². The minimum Gasteiger partial charge on any atom is -0.392 e. The molecule has 1 amide bonds. The van der Waals surface area contributed by atoms with Gasteiger partial charge in [0.25, 0.3) is 5.91 Å². The van der Waals surface area contributed by atoms with Gasteiger partial charge in [-0.3, -0.25) is 9.69 Å². The molecule has 25 heavy (non-hydrogen) atoms. The molecule has 4 nitrogen and oxygen atoms in total. The zero-order chi connectivity index (χ0) is 17.8. The lowest BCUT2D eigenvalue weighted by atomic mass is 10.1. The van der Waals surface area contributed by atoms with Crippen molar-refractivity contribution in [2.45, 2.75) is 32.5 Å². The molecule has 5 heteroatoms. The Morgan fingerprint density at radius 2 is 2.04 bits per heavy atom. The minimum atomic E-state index is -0.310. The number of β-amino-alcohol motifs (C(OH)–C–C–N with tert-alkyl or cyclic N) is 1. The van der Waals surface area contributed by atoms with Gasteiger partial charge in [0.05, 0.1) is 6.10 Å². The molecule has 2 aromatic rings. The van der Waals surface area contributed by atoms with E-state index in [1.54, 1.807) is 13.0 Å². The molecule has 0 aromatic heterocycles. The molecule has 1 aliphatic rings. The Bertz CT molecular complexity index is 763. The fraction of sp³-hybridized carbons (Fsp3) is 0.350. The number of nitrogens with zero attached hydrogens (tertiary/aromatic N) is 1. The van der Waals surface area contributed by atoms with E-state index in [0.717, 1.165) is 30.6 Å². The molecule has 3 rings (SSSR count). The summed E-state index contributed by atoms with van der Waals surface area (Å²) in [4.78, 5) is 14.5. The van der Waals surface area contributed by atoms with E-state index in [-0.39, 0.29) is 17.8 Å². The molecule has 1 heterocycles. The highest BCUT2D eigenvalue weighted by molar-refractivity contribution is 5.94. The molecule has 0 aliphatic carbocycles. The van der Waals surface area contributed by atoms with Crippen LogP contribution in [-0.4, -0.2) is 35.1 Å². The number of aliphatic hydroxyl groups excluding tert-OH is 1. The fourth-order valence-electron chi connectivity index (χ4n) is 3.14. The molecule has 0 bridgehead atoms. The van der Waals surface area contributed by atoms with Gasteiger partial charge in [-0.2, -0.15) is 0 Å². The number of benzene rings is 2. The highest BCUT2D eigenvalue weighted by atomic mass is 19.1. The average molecular weight is 342 g/mol. The van der Waals surface area contributed by atoms with E-state index in [1.807, 2.05) is 24.3 Å². The van der Waals surface area contributed by atoms with Crippen LogP contribution in [0.3, 0.4) is 0 Å². The summed E-state index contributed by atoms with van der Waals surface area (Å²) in [5.41, 5.74) is 3.11. The number of aryl methyl sites for hydroxylation is 1. The van der Waals surface area contributed by atoms with Crippen LogP contribution in [0.15, 0.2) is 42.5 Å².